The molecule has 0 radical (unpaired) electrons. The Kier molecular flexibility index (Phi) is 4.22. The molecule has 4 rings (SSSR count). The van der Waals surface area contributed by atoms with Gasteiger partial charge in [0, 0.05) is 24.3 Å². The quantitative estimate of drug-likeness (QED) is 0.915. The summed E-state index contributed by atoms with van der Waals surface area (Å²) in [5, 5.41) is 13.6. The fourth-order valence-corrected chi connectivity index (χ4v) is 3.91. The number of carboxylic acid groups (broad SMARTS) is 1. The van der Waals surface area contributed by atoms with Gasteiger partial charge in [0.15, 0.2) is 5.69 Å². The summed E-state index contributed by atoms with van der Waals surface area (Å²) in [4.78, 5) is 25.7. The fraction of sp³-hybridized carbons (Fsp3) is 0.421. The molecule has 136 valence electrons. The van der Waals surface area contributed by atoms with Gasteiger partial charge in [-0.05, 0) is 44.2 Å². The Morgan fingerprint density at radius 1 is 1.15 bits per heavy atom. The second kappa shape index (κ2) is 6.55. The summed E-state index contributed by atoms with van der Waals surface area (Å²) in [5.74, 6) is -1.74. The smallest absolute Gasteiger partial charge is 0.306 e. The number of para-hydroxylation sites is 1. The summed E-state index contributed by atoms with van der Waals surface area (Å²) in [6, 6.07) is 6.42. The number of aromatic nitrogens is 2. The molecule has 0 atom stereocenters. The average Bonchev–Trinajstić information content (AvgIpc) is 3.24. The minimum absolute atomic E-state index is 0.179. The Labute approximate surface area is 150 Å². The van der Waals surface area contributed by atoms with Crippen LogP contribution in [0.3, 0.4) is 0 Å². The van der Waals surface area contributed by atoms with Gasteiger partial charge in [0.25, 0.3) is 5.91 Å². The minimum atomic E-state index is -0.804. The molecule has 1 aromatic carbocycles. The van der Waals surface area contributed by atoms with Crippen molar-refractivity contribution in [1.29, 1.82) is 0 Å². The molecular weight excluding hydrogens is 337 g/mol. The van der Waals surface area contributed by atoms with E-state index in [4.69, 9.17) is 5.11 Å². The zero-order valence-corrected chi connectivity index (χ0v) is 14.3. The molecule has 1 amide bonds. The summed E-state index contributed by atoms with van der Waals surface area (Å²) >= 11 is 0. The number of nitrogens with zero attached hydrogens (tertiary/aromatic N) is 3. The van der Waals surface area contributed by atoms with Crippen LogP contribution in [0.4, 0.5) is 4.39 Å². The van der Waals surface area contributed by atoms with Crippen LogP contribution in [0, 0.1) is 11.7 Å². The van der Waals surface area contributed by atoms with Gasteiger partial charge in [-0.25, -0.2) is 9.07 Å². The number of fused-ring (bicyclic) bond motifs is 1. The summed E-state index contributed by atoms with van der Waals surface area (Å²) in [6.07, 6.45) is 3.36. The molecule has 0 bridgehead atoms. The Balaban J connectivity index is 1.64. The maximum Gasteiger partial charge on any atom is 0.306 e. The van der Waals surface area contributed by atoms with Crippen molar-refractivity contribution in [3.8, 4) is 5.69 Å². The predicted molar refractivity (Wildman–Crippen MR) is 91.8 cm³/mol. The Bertz CT molecular complexity index is 869. The van der Waals surface area contributed by atoms with Gasteiger partial charge in [-0.1, -0.05) is 12.1 Å². The summed E-state index contributed by atoms with van der Waals surface area (Å²) in [5.41, 5.74) is 2.54. The highest BCUT2D eigenvalue weighted by Gasteiger charge is 2.33. The first-order chi connectivity index (χ1) is 12.6. The largest absolute Gasteiger partial charge is 0.481 e. The molecule has 1 N–H and O–H groups in total. The van der Waals surface area contributed by atoms with Gasteiger partial charge < -0.3 is 10.0 Å². The minimum Gasteiger partial charge on any atom is -0.481 e. The van der Waals surface area contributed by atoms with Crippen molar-refractivity contribution < 1.29 is 19.1 Å². The van der Waals surface area contributed by atoms with Crippen LogP contribution in [0.2, 0.25) is 0 Å². The molecule has 2 aromatic rings. The summed E-state index contributed by atoms with van der Waals surface area (Å²) in [7, 11) is 0. The van der Waals surface area contributed by atoms with Gasteiger partial charge in [0.1, 0.15) is 11.5 Å². The zero-order chi connectivity index (χ0) is 18.3. The number of carbonyl (C=O) groups is 2. The summed E-state index contributed by atoms with van der Waals surface area (Å²) in [6.45, 7) is 0.828. The standard InChI is InChI=1S/C19H20FN3O3/c20-14-5-1-2-6-16(14)23-15-7-3-4-13(15)17(21-23)18(24)22-10-8-12(9-11-22)19(25)26/h1-2,5-6,12H,3-4,7-11H2,(H,25,26). The molecule has 2 heterocycles. The van der Waals surface area contributed by atoms with Crippen molar-refractivity contribution in [1.82, 2.24) is 14.7 Å². The van der Waals surface area contributed by atoms with E-state index in [9.17, 15) is 14.0 Å². The van der Waals surface area contributed by atoms with Crippen LogP contribution in [-0.2, 0) is 17.6 Å². The average molecular weight is 357 g/mol. The van der Waals surface area contributed by atoms with Crippen molar-refractivity contribution in [3.63, 3.8) is 0 Å². The molecule has 1 aliphatic heterocycles. The van der Waals surface area contributed by atoms with Gasteiger partial charge in [-0.2, -0.15) is 5.10 Å². The van der Waals surface area contributed by atoms with Crippen molar-refractivity contribution in [3.05, 3.63) is 47.0 Å². The lowest BCUT2D eigenvalue weighted by molar-refractivity contribution is -0.143. The SMILES string of the molecule is O=C(O)C1CCN(C(=O)c2nn(-c3ccccc3F)c3c2CCC3)CC1. The van der Waals surface area contributed by atoms with Gasteiger partial charge >= 0.3 is 5.97 Å². The molecule has 1 aromatic heterocycles. The number of carbonyl (C=O) groups excluding carboxylic acids is 1. The number of piperidine rings is 1. The third-order valence-corrected chi connectivity index (χ3v) is 5.34. The van der Waals surface area contributed by atoms with E-state index in [1.807, 2.05) is 0 Å². The van der Waals surface area contributed by atoms with E-state index in [-0.39, 0.29) is 17.6 Å². The van der Waals surface area contributed by atoms with Gasteiger partial charge in [0.2, 0.25) is 0 Å². The van der Waals surface area contributed by atoms with Crippen LogP contribution < -0.4 is 0 Å². The number of amides is 1. The number of benzene rings is 1. The lowest BCUT2D eigenvalue weighted by atomic mass is 9.97. The van der Waals surface area contributed by atoms with E-state index in [1.54, 1.807) is 27.8 Å². The monoisotopic (exact) mass is 357 g/mol. The van der Waals surface area contributed by atoms with Crippen LogP contribution in [0.25, 0.3) is 5.69 Å². The van der Waals surface area contributed by atoms with Crippen LogP contribution >= 0.6 is 0 Å². The first-order valence-electron chi connectivity index (χ1n) is 8.94. The lowest BCUT2D eigenvalue weighted by Crippen LogP contribution is -2.40. The molecule has 0 spiro atoms. The van der Waals surface area contributed by atoms with E-state index in [2.05, 4.69) is 5.10 Å². The molecular formula is C19H20FN3O3. The molecule has 26 heavy (non-hydrogen) atoms. The number of likely N-dealkylation sites (tertiary alicyclic amines) is 1. The molecule has 1 fully saturated rings. The van der Waals surface area contributed by atoms with Crippen LogP contribution in [-0.4, -0.2) is 44.8 Å². The maximum atomic E-state index is 14.2. The Morgan fingerprint density at radius 2 is 1.88 bits per heavy atom. The van der Waals surface area contributed by atoms with Crippen LogP contribution in [0.5, 0.6) is 0 Å². The molecule has 1 saturated heterocycles. The molecule has 7 heteroatoms. The molecule has 0 saturated carbocycles. The highest BCUT2D eigenvalue weighted by molar-refractivity contribution is 5.94. The van der Waals surface area contributed by atoms with Crippen molar-refractivity contribution in [2.24, 2.45) is 5.92 Å². The molecule has 2 aliphatic rings. The molecule has 0 unspecified atom stereocenters. The lowest BCUT2D eigenvalue weighted by Gasteiger charge is -2.29. The van der Waals surface area contributed by atoms with E-state index < -0.39 is 5.97 Å². The number of aliphatic carboxylic acids is 1. The zero-order valence-electron chi connectivity index (χ0n) is 14.3. The molecule has 6 nitrogen and oxygen atoms in total. The number of carboxylic acids is 1. The first-order valence-corrected chi connectivity index (χ1v) is 8.94. The normalized spacial score (nSPS) is 17.3. The van der Waals surface area contributed by atoms with E-state index in [1.165, 1.54) is 6.07 Å². The molecule has 1 aliphatic carbocycles. The van der Waals surface area contributed by atoms with Crippen molar-refractivity contribution in [2.75, 3.05) is 13.1 Å². The maximum absolute atomic E-state index is 14.2. The topological polar surface area (TPSA) is 75.4 Å². The summed E-state index contributed by atoms with van der Waals surface area (Å²) < 4.78 is 15.8. The number of halogens is 1. The number of hydrogen-bond acceptors (Lipinski definition) is 3. The number of hydrogen-bond donors (Lipinski definition) is 1. The second-order valence-electron chi connectivity index (χ2n) is 6.90. The second-order valence-corrected chi connectivity index (χ2v) is 6.90. The Morgan fingerprint density at radius 3 is 2.58 bits per heavy atom. The third kappa shape index (κ3) is 2.77. The van der Waals surface area contributed by atoms with Crippen LogP contribution in [0.1, 0.15) is 41.0 Å². The van der Waals surface area contributed by atoms with Crippen molar-refractivity contribution >= 4 is 11.9 Å². The van der Waals surface area contributed by atoms with Gasteiger partial charge in [0.05, 0.1) is 5.92 Å². The highest BCUT2D eigenvalue weighted by atomic mass is 19.1. The first kappa shape index (κ1) is 16.8. The third-order valence-electron chi connectivity index (χ3n) is 5.34. The van der Waals surface area contributed by atoms with E-state index in [0.29, 0.717) is 37.3 Å². The number of rotatable bonds is 3. The predicted octanol–water partition coefficient (Wildman–Crippen LogP) is 2.44. The highest BCUT2D eigenvalue weighted by Crippen LogP contribution is 2.30. The Hall–Kier alpha value is -2.70. The van der Waals surface area contributed by atoms with Gasteiger partial charge in [-0.15, -0.1) is 0 Å². The van der Waals surface area contributed by atoms with E-state index in [0.717, 1.165) is 30.5 Å². The fourth-order valence-electron chi connectivity index (χ4n) is 3.91. The van der Waals surface area contributed by atoms with E-state index >= 15 is 0 Å². The van der Waals surface area contributed by atoms with Crippen molar-refractivity contribution in [2.45, 2.75) is 32.1 Å². The van der Waals surface area contributed by atoms with Gasteiger partial charge in [-0.3, -0.25) is 9.59 Å². The van der Waals surface area contributed by atoms with Crippen LogP contribution in [0.15, 0.2) is 24.3 Å².